The fraction of sp³-hybridized carbons (Fsp3) is 0.386. The number of piperidine rings is 1. The summed E-state index contributed by atoms with van der Waals surface area (Å²) in [6.07, 6.45) is 6.65. The Bertz CT molecular complexity index is 2590. The van der Waals surface area contributed by atoms with Gasteiger partial charge in [-0.25, -0.2) is 4.98 Å². The smallest absolute Gasteiger partial charge is 0.292 e. The Labute approximate surface area is 341 Å². The van der Waals surface area contributed by atoms with Gasteiger partial charge in [0.25, 0.3) is 11.7 Å². The largest absolute Gasteiger partial charge is 0.364 e. The second kappa shape index (κ2) is 15.1. The third kappa shape index (κ3) is 7.57. The number of carbonyl (C=O) groups is 3. The number of rotatable bonds is 10. The zero-order valence-electron chi connectivity index (χ0n) is 33.9. The first kappa shape index (κ1) is 38.2. The first-order valence-corrected chi connectivity index (χ1v) is 20.2. The van der Waals surface area contributed by atoms with E-state index in [1.807, 2.05) is 71.3 Å². The van der Waals surface area contributed by atoms with Crippen molar-refractivity contribution in [2.45, 2.75) is 90.3 Å². The van der Waals surface area contributed by atoms with Crippen molar-refractivity contribution >= 4 is 34.4 Å². The van der Waals surface area contributed by atoms with Crippen LogP contribution in [0, 0.1) is 13.8 Å². The van der Waals surface area contributed by atoms with Gasteiger partial charge in [0, 0.05) is 90.6 Å². The molecular weight excluding hydrogens is 747 g/mol. The molecule has 1 aromatic carbocycles. The Morgan fingerprint density at radius 1 is 0.966 bits per heavy atom. The lowest BCUT2D eigenvalue weighted by atomic mass is 9.89. The molecule has 0 aliphatic carbocycles. The number of benzene rings is 1. The van der Waals surface area contributed by atoms with Crippen LogP contribution in [0.15, 0.2) is 65.4 Å². The van der Waals surface area contributed by atoms with Gasteiger partial charge in [0.1, 0.15) is 0 Å². The van der Waals surface area contributed by atoms with Gasteiger partial charge in [-0.1, -0.05) is 44.1 Å². The number of nitrogens with one attached hydrogen (secondary N) is 3. The van der Waals surface area contributed by atoms with Crippen molar-refractivity contribution in [3.05, 3.63) is 101 Å². The maximum Gasteiger partial charge on any atom is 0.292 e. The summed E-state index contributed by atoms with van der Waals surface area (Å²) in [6, 6.07) is 17.4. The second-order valence-electron chi connectivity index (χ2n) is 17.0. The third-order valence-electron chi connectivity index (χ3n) is 11.9. The summed E-state index contributed by atoms with van der Waals surface area (Å²) in [6.45, 7) is 13.0. The van der Waals surface area contributed by atoms with Crippen molar-refractivity contribution < 1.29 is 18.9 Å². The number of amides is 3. The summed E-state index contributed by atoms with van der Waals surface area (Å²) >= 11 is 0. The zero-order valence-corrected chi connectivity index (χ0v) is 33.9. The van der Waals surface area contributed by atoms with Gasteiger partial charge >= 0.3 is 0 Å². The molecule has 0 radical (unpaired) electrons. The van der Waals surface area contributed by atoms with Gasteiger partial charge in [-0.3, -0.25) is 39.7 Å². The highest BCUT2D eigenvalue weighted by molar-refractivity contribution is 6.01. The summed E-state index contributed by atoms with van der Waals surface area (Å²) in [5.74, 6) is -0.694. The molecule has 3 aliphatic rings. The van der Waals surface area contributed by atoms with E-state index in [2.05, 4.69) is 70.0 Å². The van der Waals surface area contributed by atoms with Crippen molar-refractivity contribution in [3.63, 3.8) is 0 Å². The summed E-state index contributed by atoms with van der Waals surface area (Å²) in [5.41, 5.74) is 9.75. The van der Waals surface area contributed by atoms with Gasteiger partial charge in [0.2, 0.25) is 17.7 Å². The summed E-state index contributed by atoms with van der Waals surface area (Å²) in [4.78, 5) is 60.4. The van der Waals surface area contributed by atoms with Crippen LogP contribution in [-0.4, -0.2) is 89.6 Å². The molecule has 9 rings (SSSR count). The van der Waals surface area contributed by atoms with Gasteiger partial charge in [-0.2, -0.15) is 10.1 Å². The van der Waals surface area contributed by atoms with Crippen LogP contribution in [0.1, 0.15) is 90.5 Å². The number of likely N-dealkylation sites (tertiary alicyclic amines) is 1. The van der Waals surface area contributed by atoms with Crippen LogP contribution in [0.2, 0.25) is 0 Å². The molecule has 302 valence electrons. The van der Waals surface area contributed by atoms with Crippen molar-refractivity contribution in [1.82, 2.24) is 50.8 Å². The lowest BCUT2D eigenvalue weighted by Crippen LogP contribution is -2.47. The zero-order chi connectivity index (χ0) is 41.0. The molecule has 3 saturated heterocycles. The minimum Gasteiger partial charge on any atom is -0.364 e. The third-order valence-corrected chi connectivity index (χ3v) is 11.9. The minimum atomic E-state index is -0.388. The van der Waals surface area contributed by atoms with E-state index in [0.717, 1.165) is 94.1 Å². The van der Waals surface area contributed by atoms with Crippen LogP contribution >= 0.6 is 0 Å². The first-order chi connectivity index (χ1) is 28.4. The molecule has 59 heavy (non-hydrogen) atoms. The van der Waals surface area contributed by atoms with Crippen LogP contribution in [0.25, 0.3) is 33.5 Å². The molecular formula is C44H47N11O4. The average Bonchev–Trinajstić information content (AvgIpc) is 4.04. The fourth-order valence-electron chi connectivity index (χ4n) is 8.63. The number of piperazine rings is 1. The number of nitrogens with zero attached hydrogens (tertiary/aromatic N) is 8. The molecule has 3 N–H and O–H groups in total. The van der Waals surface area contributed by atoms with E-state index in [4.69, 9.17) is 14.5 Å². The topological polar surface area (TPSA) is 188 Å². The number of carbonyl (C=O) groups excluding carboxylic acids is 3. The van der Waals surface area contributed by atoms with Gasteiger partial charge in [0.05, 0.1) is 29.2 Å². The monoisotopic (exact) mass is 793 g/mol. The molecule has 15 heteroatoms. The van der Waals surface area contributed by atoms with Crippen LogP contribution in [0.4, 0.5) is 5.69 Å². The minimum absolute atomic E-state index is 0.0193. The number of hydrogen-bond donors (Lipinski definition) is 3. The molecule has 3 amide bonds. The lowest BCUT2D eigenvalue weighted by Gasteiger charge is -2.35. The molecule has 3 unspecified atom stereocenters. The molecule has 0 saturated carbocycles. The van der Waals surface area contributed by atoms with E-state index in [1.165, 1.54) is 0 Å². The molecule has 5 aromatic heterocycles. The highest BCUT2D eigenvalue weighted by Gasteiger charge is 2.43. The quantitative estimate of drug-likeness (QED) is 0.152. The van der Waals surface area contributed by atoms with E-state index in [0.29, 0.717) is 43.0 Å². The number of hydrogen-bond acceptors (Lipinski definition) is 12. The fourth-order valence-corrected chi connectivity index (χ4v) is 8.63. The maximum atomic E-state index is 12.7. The molecule has 3 aliphatic heterocycles. The van der Waals surface area contributed by atoms with Crippen molar-refractivity contribution in [3.8, 4) is 22.5 Å². The number of aromatic nitrogens is 7. The number of H-pyrrole nitrogens is 1. The lowest BCUT2D eigenvalue weighted by molar-refractivity contribution is -0.134. The molecule has 3 atom stereocenters. The number of fused-ring (bicyclic) bond motifs is 3. The molecule has 15 nitrogen and oxygen atoms in total. The van der Waals surface area contributed by atoms with Crippen LogP contribution in [0.3, 0.4) is 0 Å². The van der Waals surface area contributed by atoms with Crippen LogP contribution in [-0.2, 0) is 28.0 Å². The predicted molar refractivity (Wildman–Crippen MR) is 220 cm³/mol. The summed E-state index contributed by atoms with van der Waals surface area (Å²) < 4.78 is 5.27. The van der Waals surface area contributed by atoms with Crippen LogP contribution < -0.4 is 15.5 Å². The maximum absolute atomic E-state index is 12.7. The van der Waals surface area contributed by atoms with E-state index < -0.39 is 0 Å². The highest BCUT2D eigenvalue weighted by atomic mass is 16.5. The predicted octanol–water partition coefficient (Wildman–Crippen LogP) is 5.34. The normalized spacial score (nSPS) is 19.5. The second-order valence-corrected chi connectivity index (χ2v) is 17.0. The van der Waals surface area contributed by atoms with E-state index in [-0.39, 0.29) is 34.9 Å². The molecule has 2 bridgehead atoms. The number of aryl methyl sites for hydroxylation is 2. The standard InChI is InChI=1S/C44H47N11O4/c1-24-16-26(6-7-27(24)19-47-42(58)40-50-43(59-53-40)44(3,4)5)38-35-17-28(20-46-39(35)52-51-38)36-12-9-30(21-45-36)55-23-31-18-32(55)22-54(31)15-14-29-8-10-33(25(2)48-29)34-11-13-37(56)49-41(34)57/h6-10,12,16-17,20-21,31-32,34H,11,13-15,18-19,22-23H2,1-5H3,(H,47,58)(H,46,51,52)(H,49,56,57). The van der Waals surface area contributed by atoms with Gasteiger partial charge in [-0.05, 0) is 73.7 Å². The Kier molecular flexibility index (Phi) is 9.78. The Balaban J connectivity index is 0.813. The number of imide groups is 1. The molecule has 0 spiro atoms. The van der Waals surface area contributed by atoms with E-state index >= 15 is 0 Å². The van der Waals surface area contributed by atoms with Crippen molar-refractivity contribution in [1.29, 1.82) is 0 Å². The van der Waals surface area contributed by atoms with Crippen molar-refractivity contribution in [2.24, 2.45) is 0 Å². The van der Waals surface area contributed by atoms with E-state index in [9.17, 15) is 14.4 Å². The molecule has 3 fully saturated rings. The van der Waals surface area contributed by atoms with Gasteiger partial charge < -0.3 is 14.7 Å². The first-order valence-electron chi connectivity index (χ1n) is 20.2. The number of anilines is 1. The van der Waals surface area contributed by atoms with Crippen LogP contribution in [0.5, 0.6) is 0 Å². The Hall–Kier alpha value is -6.35. The average molecular weight is 794 g/mol. The summed E-state index contributed by atoms with van der Waals surface area (Å²) in [7, 11) is 0. The van der Waals surface area contributed by atoms with E-state index in [1.54, 1.807) is 0 Å². The van der Waals surface area contributed by atoms with Gasteiger partial charge in [-0.15, -0.1) is 0 Å². The summed E-state index contributed by atoms with van der Waals surface area (Å²) in [5, 5.41) is 17.8. The molecule has 6 aromatic rings. The Morgan fingerprint density at radius 2 is 1.83 bits per heavy atom. The van der Waals surface area contributed by atoms with Crippen molar-refractivity contribution in [2.75, 3.05) is 24.5 Å². The Morgan fingerprint density at radius 3 is 2.54 bits per heavy atom. The highest BCUT2D eigenvalue weighted by Crippen LogP contribution is 2.36. The SMILES string of the molecule is Cc1cc(-c2[nH]nc3ncc(-c4ccc(N5CC6CC5CN6CCc5ccc(C6CCC(=O)NC6=O)c(C)n5)cn4)cc23)ccc1CNC(=O)c1noc(C(C)(C)C)n1. The van der Waals surface area contributed by atoms with Gasteiger partial charge in [0.15, 0.2) is 5.65 Å². The molecule has 8 heterocycles. The number of aromatic amines is 1. The number of pyridine rings is 3.